The van der Waals surface area contributed by atoms with E-state index in [4.69, 9.17) is 4.84 Å². The zero-order chi connectivity index (χ0) is 25.8. The highest BCUT2D eigenvalue weighted by atomic mass is 16.6. The van der Waals surface area contributed by atoms with Crippen LogP contribution < -0.4 is 0 Å². The molecule has 0 aromatic heterocycles. The van der Waals surface area contributed by atoms with E-state index >= 15 is 0 Å². The van der Waals surface area contributed by atoms with Crippen LogP contribution in [-0.2, 0) is 4.84 Å². The van der Waals surface area contributed by atoms with E-state index in [9.17, 15) is 10.2 Å². The lowest BCUT2D eigenvalue weighted by Gasteiger charge is -2.42. The zero-order valence-corrected chi connectivity index (χ0v) is 22.8. The van der Waals surface area contributed by atoms with Gasteiger partial charge in [0.15, 0.2) is 0 Å². The smallest absolute Gasteiger partial charge is 0.114 e. The summed E-state index contributed by atoms with van der Waals surface area (Å²) in [5.74, 6) is 1.02. The van der Waals surface area contributed by atoms with Crippen molar-refractivity contribution in [3.8, 4) is 0 Å². The summed E-state index contributed by atoms with van der Waals surface area (Å²) in [6.45, 7) is 17.9. The van der Waals surface area contributed by atoms with Gasteiger partial charge in [0.25, 0.3) is 0 Å². The molecule has 2 saturated carbocycles. The SMILES string of the molecule is C=C1/C(=C\C=C2/CCC[C@]3(C)C([C@@H](C)C/C=C/C(=N\OCC)C(C)(C)C)=CC[C@@H]23)C[C@@H](O)C[C@@H]1O. The summed E-state index contributed by atoms with van der Waals surface area (Å²) in [4.78, 5) is 5.34. The van der Waals surface area contributed by atoms with Gasteiger partial charge in [-0.3, -0.25) is 0 Å². The Morgan fingerprint density at radius 2 is 2.06 bits per heavy atom. The third-order valence-electron chi connectivity index (χ3n) is 8.23. The molecule has 0 aromatic rings. The van der Waals surface area contributed by atoms with Crippen molar-refractivity contribution in [2.75, 3.05) is 6.61 Å². The first-order valence-corrected chi connectivity index (χ1v) is 13.5. The fourth-order valence-electron chi connectivity index (χ4n) is 6.14. The van der Waals surface area contributed by atoms with Crippen molar-refractivity contribution in [2.24, 2.45) is 27.8 Å². The molecule has 3 aliphatic carbocycles. The van der Waals surface area contributed by atoms with Gasteiger partial charge in [-0.1, -0.05) is 81.8 Å². The molecule has 0 unspecified atom stereocenters. The molecule has 3 rings (SSSR count). The van der Waals surface area contributed by atoms with Gasteiger partial charge in [0.1, 0.15) is 6.61 Å². The van der Waals surface area contributed by atoms with Crippen LogP contribution >= 0.6 is 0 Å². The molecule has 2 fully saturated rings. The van der Waals surface area contributed by atoms with Crippen molar-refractivity contribution in [1.82, 2.24) is 0 Å². The maximum atomic E-state index is 10.2. The lowest BCUT2D eigenvalue weighted by atomic mass is 9.62. The van der Waals surface area contributed by atoms with Gasteiger partial charge in [0.2, 0.25) is 0 Å². The quantitative estimate of drug-likeness (QED) is 0.232. The minimum absolute atomic E-state index is 0.0497. The highest BCUT2D eigenvalue weighted by molar-refractivity contribution is 5.98. The van der Waals surface area contributed by atoms with Crippen LogP contribution in [0, 0.1) is 22.7 Å². The number of rotatable bonds is 7. The van der Waals surface area contributed by atoms with Crippen LogP contribution in [0.1, 0.15) is 86.5 Å². The second kappa shape index (κ2) is 11.4. The van der Waals surface area contributed by atoms with Crippen molar-refractivity contribution in [2.45, 2.75) is 98.7 Å². The van der Waals surface area contributed by atoms with E-state index in [-0.39, 0.29) is 10.8 Å². The Bertz CT molecular complexity index is 929. The van der Waals surface area contributed by atoms with Crippen LogP contribution in [0.25, 0.3) is 0 Å². The topological polar surface area (TPSA) is 62.0 Å². The van der Waals surface area contributed by atoms with E-state index in [0.717, 1.165) is 36.1 Å². The molecule has 0 aromatic carbocycles. The largest absolute Gasteiger partial charge is 0.396 e. The number of aliphatic hydroxyl groups excluding tert-OH is 2. The Kier molecular flexibility index (Phi) is 9.04. The fraction of sp³-hybridized carbons (Fsp3) is 0.645. The summed E-state index contributed by atoms with van der Waals surface area (Å²) in [5, 5.41) is 24.6. The molecule has 0 saturated heterocycles. The van der Waals surface area contributed by atoms with Gasteiger partial charge in [0.05, 0.1) is 17.9 Å². The van der Waals surface area contributed by atoms with Crippen molar-refractivity contribution < 1.29 is 15.1 Å². The first-order valence-electron chi connectivity index (χ1n) is 13.5. The van der Waals surface area contributed by atoms with Gasteiger partial charge in [-0.25, -0.2) is 0 Å². The summed E-state index contributed by atoms with van der Waals surface area (Å²) in [6, 6.07) is 0. The number of allylic oxidation sites excluding steroid dienone is 7. The molecule has 0 radical (unpaired) electrons. The van der Waals surface area contributed by atoms with Crippen molar-refractivity contribution >= 4 is 5.71 Å². The summed E-state index contributed by atoms with van der Waals surface area (Å²) < 4.78 is 0. The molecule has 194 valence electrons. The molecule has 0 bridgehead atoms. The summed E-state index contributed by atoms with van der Waals surface area (Å²) in [5.41, 5.74) is 5.98. The van der Waals surface area contributed by atoms with Gasteiger partial charge in [-0.05, 0) is 79.9 Å². The minimum atomic E-state index is -0.633. The second-order valence-electron chi connectivity index (χ2n) is 12.0. The molecule has 4 heteroatoms. The molecule has 35 heavy (non-hydrogen) atoms. The summed E-state index contributed by atoms with van der Waals surface area (Å²) in [6.07, 6.45) is 16.8. The average Bonchev–Trinajstić information content (AvgIpc) is 3.14. The van der Waals surface area contributed by atoms with Crippen molar-refractivity contribution in [1.29, 1.82) is 0 Å². The van der Waals surface area contributed by atoms with Crippen LogP contribution in [0.5, 0.6) is 0 Å². The van der Waals surface area contributed by atoms with Crippen molar-refractivity contribution in [3.05, 3.63) is 59.3 Å². The van der Waals surface area contributed by atoms with E-state index in [1.54, 1.807) is 5.57 Å². The van der Waals surface area contributed by atoms with Gasteiger partial charge in [-0.2, -0.15) is 0 Å². The molecule has 0 amide bonds. The Morgan fingerprint density at radius 1 is 1.31 bits per heavy atom. The second-order valence-corrected chi connectivity index (χ2v) is 12.0. The van der Waals surface area contributed by atoms with Crippen LogP contribution in [0.15, 0.2) is 64.4 Å². The Labute approximate surface area is 213 Å². The molecular formula is C31H47NO3. The molecule has 3 aliphatic rings. The fourth-order valence-corrected chi connectivity index (χ4v) is 6.14. The molecule has 0 aliphatic heterocycles. The van der Waals surface area contributed by atoms with E-state index in [2.05, 4.69) is 76.7 Å². The van der Waals surface area contributed by atoms with Gasteiger partial charge < -0.3 is 15.1 Å². The molecular weight excluding hydrogens is 434 g/mol. The predicted octanol–water partition coefficient (Wildman–Crippen LogP) is 7.07. The average molecular weight is 482 g/mol. The normalized spacial score (nSPS) is 33.4. The maximum Gasteiger partial charge on any atom is 0.114 e. The summed E-state index contributed by atoms with van der Waals surface area (Å²) >= 11 is 0. The lowest BCUT2D eigenvalue weighted by Crippen LogP contribution is -2.32. The third kappa shape index (κ3) is 6.46. The molecule has 2 N–H and O–H groups in total. The van der Waals surface area contributed by atoms with E-state index in [1.165, 1.54) is 18.4 Å². The molecule has 0 spiro atoms. The third-order valence-corrected chi connectivity index (χ3v) is 8.23. The minimum Gasteiger partial charge on any atom is -0.396 e. The zero-order valence-electron chi connectivity index (χ0n) is 22.8. The first kappa shape index (κ1) is 27.7. The van der Waals surface area contributed by atoms with Gasteiger partial charge in [0, 0.05) is 11.8 Å². The predicted molar refractivity (Wildman–Crippen MR) is 146 cm³/mol. The molecule has 4 nitrogen and oxygen atoms in total. The monoisotopic (exact) mass is 481 g/mol. The first-order chi connectivity index (χ1) is 16.5. The Hall–Kier alpha value is -1.91. The number of aliphatic hydroxyl groups is 2. The Morgan fingerprint density at radius 3 is 2.74 bits per heavy atom. The number of fused-ring (bicyclic) bond motifs is 1. The number of hydrogen-bond donors (Lipinski definition) is 2. The molecule has 5 atom stereocenters. The number of oxime groups is 1. The number of nitrogens with zero attached hydrogens (tertiary/aromatic N) is 1. The van der Waals surface area contributed by atoms with E-state index in [1.807, 2.05) is 6.92 Å². The summed E-state index contributed by atoms with van der Waals surface area (Å²) in [7, 11) is 0. The van der Waals surface area contributed by atoms with E-state index < -0.39 is 12.2 Å². The number of hydrogen-bond acceptors (Lipinski definition) is 4. The van der Waals surface area contributed by atoms with Crippen LogP contribution in [0.3, 0.4) is 0 Å². The highest BCUT2D eigenvalue weighted by Gasteiger charge is 2.45. The Balaban J connectivity index is 1.72. The standard InChI is InChI=1S/C31H47NO3/c1-8-35-32-29(30(4,5)6)13-9-11-21(2)26-16-17-27-23(12-10-18-31(26,27)7)14-15-24-19-25(33)20-28(34)22(24)3/h9,13-16,21,25,27-28,33-34H,3,8,10-12,17-20H2,1-2,4-7H3/b13-9+,23-14+,24-15-,32-29+/t21-,25+,27-,28-,31+/m0/s1. The van der Waals surface area contributed by atoms with Crippen molar-refractivity contribution in [3.63, 3.8) is 0 Å². The van der Waals surface area contributed by atoms with Crippen LogP contribution in [-0.4, -0.2) is 34.7 Å². The van der Waals surface area contributed by atoms with Crippen LogP contribution in [0.2, 0.25) is 0 Å². The van der Waals surface area contributed by atoms with Gasteiger partial charge >= 0.3 is 0 Å². The molecule has 0 heterocycles. The lowest BCUT2D eigenvalue weighted by molar-refractivity contribution is 0.0862. The maximum absolute atomic E-state index is 10.2. The van der Waals surface area contributed by atoms with E-state index in [0.29, 0.717) is 31.3 Å². The highest BCUT2D eigenvalue weighted by Crippen LogP contribution is 2.57. The van der Waals surface area contributed by atoms with Crippen LogP contribution in [0.4, 0.5) is 0 Å². The van der Waals surface area contributed by atoms with Gasteiger partial charge in [-0.15, -0.1) is 0 Å².